The minimum absolute atomic E-state index is 0.0604. The van der Waals surface area contributed by atoms with Crippen molar-refractivity contribution >= 4 is 37.5 Å². The maximum absolute atomic E-state index is 15.1. The van der Waals surface area contributed by atoms with Gasteiger partial charge in [0.2, 0.25) is 0 Å². The van der Waals surface area contributed by atoms with Crippen molar-refractivity contribution in [2.45, 2.75) is 87.0 Å². The smallest absolute Gasteiger partial charge is 0.311 e. The second kappa shape index (κ2) is 22.3. The number of aromatic nitrogens is 4. The molecule has 0 saturated heterocycles. The van der Waals surface area contributed by atoms with Crippen LogP contribution in [0, 0.1) is 52.7 Å². The number of nitrogens with zero attached hydrogens (tertiary/aromatic N) is 4. The predicted molar refractivity (Wildman–Crippen MR) is 286 cm³/mol. The van der Waals surface area contributed by atoms with Crippen molar-refractivity contribution in [1.29, 1.82) is 0 Å². The van der Waals surface area contributed by atoms with Gasteiger partial charge in [-0.25, -0.2) is 52.5 Å². The van der Waals surface area contributed by atoms with Crippen molar-refractivity contribution in [2.75, 3.05) is 18.1 Å². The molecule has 5 aliphatic rings. The van der Waals surface area contributed by atoms with Gasteiger partial charge in [-0.05, 0) is 122 Å². The van der Waals surface area contributed by atoms with Crippen molar-refractivity contribution in [1.82, 2.24) is 30.2 Å². The van der Waals surface area contributed by atoms with Gasteiger partial charge in [0, 0.05) is 47.6 Å². The molecule has 3 unspecified atom stereocenters. The van der Waals surface area contributed by atoms with Crippen LogP contribution in [0.1, 0.15) is 110 Å². The summed E-state index contributed by atoms with van der Waals surface area (Å²) in [5.74, 6) is -9.97. The van der Waals surface area contributed by atoms with Gasteiger partial charge < -0.3 is 20.5 Å². The number of aliphatic hydroxyl groups excluding tert-OH is 1. The predicted octanol–water partition coefficient (Wildman–Crippen LogP) is 8.18. The minimum atomic E-state index is -3.74. The second-order valence-electron chi connectivity index (χ2n) is 21.6. The molecular formula is C59H54F6N6O9S2. The number of hydrogen-bond donors (Lipinski definition) is 3. The fraction of sp³-hybridized carbons (Fsp3) is 0.339. The van der Waals surface area contributed by atoms with E-state index in [1.165, 1.54) is 53.2 Å². The number of hydrogen-bond acceptors (Lipinski definition) is 11. The number of halogens is 6. The Bertz CT molecular complexity index is 3930. The van der Waals surface area contributed by atoms with Crippen LogP contribution >= 0.6 is 0 Å². The molecular weight excluding hydrogens is 1110 g/mol. The van der Waals surface area contributed by atoms with Crippen molar-refractivity contribution in [3.05, 3.63) is 200 Å². The average Bonchev–Trinajstić information content (AvgIpc) is 4.40. The molecule has 2 saturated carbocycles. The lowest BCUT2D eigenvalue weighted by Crippen LogP contribution is -2.47. The number of esters is 1. The normalized spacial score (nSPS) is 23.4. The Labute approximate surface area is 467 Å². The van der Waals surface area contributed by atoms with E-state index in [2.05, 4.69) is 20.8 Å². The number of carbonyl (C=O) groups is 3. The first-order valence-corrected chi connectivity index (χ1v) is 30.4. The standard InChI is InChI=1S/C30H30F3N3O5S.C29H24F3N3O4S/c1-2-41-30(38)25-17-6-7-18(12-17)26(25)34-29(37)27-22-15-42(39,40)14-19(10-16-4-3-5-20(31)11-16)28(22)36(35-27)24-9-8-21(32)13-23(24)33;30-19-6-3-4-16(11-19)10-18-14-40(38,39)15-22-27(34-35(28(18)22)24-9-8-20(31)13-23(24)32)29(37)33-26-21-7-2-1-5-17(21)12-25(26)36/h3-5,8-9,11,13,17-19,25-26H,2,6-7,10,12,14-15H2,1H3,(H,34,37);1-9,11,13,18,25-26,36H,10,12,14-15H2,(H,33,37)/t17?,18?,19-,25-,26+;18?,25-,26+/m10/s1. The molecule has 2 fully saturated rings. The molecule has 2 bridgehead atoms. The largest absolute Gasteiger partial charge is 0.466 e. The first-order valence-electron chi connectivity index (χ1n) is 26.7. The summed E-state index contributed by atoms with van der Waals surface area (Å²) in [6.07, 6.45) is 2.05. The van der Waals surface area contributed by atoms with Crippen LogP contribution in [0.25, 0.3) is 11.4 Å². The van der Waals surface area contributed by atoms with Gasteiger partial charge in [-0.3, -0.25) is 14.4 Å². The van der Waals surface area contributed by atoms with E-state index in [1.54, 1.807) is 31.2 Å². The third-order valence-corrected chi connectivity index (χ3v) is 19.4. The SMILES string of the molecule is CCOC(=O)[C@@H]1C2CCC(C2)[C@@H]1NC(=O)c1nn(-c2ccc(F)cc2F)c2c1CS(=O)(=O)C[C@H]2Cc1cccc(F)c1.O=C(N[C@@H]1c2ccccc2C[C@@H]1O)c1nn(-c2ccc(F)cc2F)c2c1CS(=O)(=O)CC2Cc1cccc(F)c1. The van der Waals surface area contributed by atoms with Gasteiger partial charge in [0.15, 0.2) is 42.7 Å². The number of rotatable bonds is 12. The van der Waals surface area contributed by atoms with Crippen molar-refractivity contribution in [3.8, 4) is 11.4 Å². The number of fused-ring (bicyclic) bond motifs is 5. The number of nitrogens with one attached hydrogen (secondary N) is 2. The topological polar surface area (TPSA) is 209 Å². The van der Waals surface area contributed by atoms with Gasteiger partial charge in [-0.15, -0.1) is 0 Å². The summed E-state index contributed by atoms with van der Waals surface area (Å²) in [6, 6.07) is 23.2. The highest BCUT2D eigenvalue weighted by atomic mass is 32.2. The zero-order valence-corrected chi connectivity index (χ0v) is 45.5. The van der Waals surface area contributed by atoms with Crippen molar-refractivity contribution < 1.29 is 67.4 Å². The maximum Gasteiger partial charge on any atom is 0.311 e. The highest BCUT2D eigenvalue weighted by Gasteiger charge is 2.53. The van der Waals surface area contributed by atoms with Gasteiger partial charge in [0.1, 0.15) is 34.6 Å². The molecule has 12 rings (SSSR count). The summed E-state index contributed by atoms with van der Waals surface area (Å²) in [7, 11) is -7.47. The molecule has 2 amide bonds. The van der Waals surface area contributed by atoms with E-state index in [1.807, 2.05) is 12.1 Å². The third kappa shape index (κ3) is 11.2. The maximum atomic E-state index is 15.1. The highest BCUT2D eigenvalue weighted by Crippen LogP contribution is 2.49. The van der Waals surface area contributed by atoms with Gasteiger partial charge in [0.05, 0.1) is 59.1 Å². The van der Waals surface area contributed by atoms with Crippen molar-refractivity contribution in [3.63, 3.8) is 0 Å². The summed E-state index contributed by atoms with van der Waals surface area (Å²) >= 11 is 0. The van der Waals surface area contributed by atoms with Gasteiger partial charge >= 0.3 is 5.97 Å². The average molecular weight is 1170 g/mol. The zero-order chi connectivity index (χ0) is 57.9. The zero-order valence-electron chi connectivity index (χ0n) is 43.9. The molecule has 3 N–H and O–H groups in total. The van der Waals surface area contributed by atoms with E-state index in [-0.39, 0.29) is 88.3 Å². The Kier molecular flexibility index (Phi) is 15.3. The molecule has 7 aromatic rings. The number of benzene rings is 5. The summed E-state index contributed by atoms with van der Waals surface area (Å²) < 4.78 is 146. The Morgan fingerprint density at radius 1 is 0.634 bits per heavy atom. The van der Waals surface area contributed by atoms with E-state index in [9.17, 15) is 53.9 Å². The van der Waals surface area contributed by atoms with E-state index in [0.29, 0.717) is 35.4 Å². The lowest BCUT2D eigenvalue weighted by Gasteiger charge is -2.30. The van der Waals surface area contributed by atoms with Gasteiger partial charge in [-0.2, -0.15) is 10.2 Å². The Morgan fingerprint density at radius 3 is 1.65 bits per heavy atom. The Morgan fingerprint density at radius 2 is 1.13 bits per heavy atom. The summed E-state index contributed by atoms with van der Waals surface area (Å²) in [4.78, 5) is 40.3. The lowest BCUT2D eigenvalue weighted by atomic mass is 9.84. The molecule has 428 valence electrons. The monoisotopic (exact) mass is 1170 g/mol. The fourth-order valence-electron chi connectivity index (χ4n) is 12.9. The summed E-state index contributed by atoms with van der Waals surface area (Å²) in [6.45, 7) is 1.92. The highest BCUT2D eigenvalue weighted by molar-refractivity contribution is 7.91. The number of aliphatic hydroxyl groups is 1. The van der Waals surface area contributed by atoms with Gasteiger partial charge in [0.25, 0.3) is 11.8 Å². The molecule has 0 spiro atoms. The molecule has 8 atom stereocenters. The first kappa shape index (κ1) is 56.2. The van der Waals surface area contributed by atoms with E-state index in [4.69, 9.17) is 4.74 Å². The van der Waals surface area contributed by atoms with Crippen LogP contribution in [0.2, 0.25) is 0 Å². The van der Waals surface area contributed by atoms with Crippen LogP contribution in [0.3, 0.4) is 0 Å². The molecule has 15 nitrogen and oxygen atoms in total. The van der Waals surface area contributed by atoms with Crippen LogP contribution < -0.4 is 10.6 Å². The third-order valence-electron chi connectivity index (χ3n) is 16.2. The van der Waals surface area contributed by atoms with Crippen molar-refractivity contribution in [2.24, 2.45) is 17.8 Å². The number of carbonyl (C=O) groups excluding carboxylic acids is 3. The fourth-order valence-corrected chi connectivity index (χ4v) is 16.3. The van der Waals surface area contributed by atoms with Crippen LogP contribution in [0.4, 0.5) is 26.3 Å². The first-order chi connectivity index (χ1) is 39.1. The van der Waals surface area contributed by atoms with E-state index in [0.717, 1.165) is 47.2 Å². The van der Waals surface area contributed by atoms with Crippen LogP contribution in [0.15, 0.2) is 109 Å². The second-order valence-corrected chi connectivity index (χ2v) is 25.9. The molecule has 0 radical (unpaired) electrons. The molecule has 2 aromatic heterocycles. The Balaban J connectivity index is 0.000000172. The molecule has 23 heteroatoms. The quantitative estimate of drug-likeness (QED) is 0.0785. The van der Waals surface area contributed by atoms with Crippen LogP contribution in [-0.2, 0) is 60.0 Å². The Hall–Kier alpha value is -7.63. The molecule has 82 heavy (non-hydrogen) atoms. The molecule has 2 aliphatic heterocycles. The lowest BCUT2D eigenvalue weighted by molar-refractivity contribution is -0.150. The number of amides is 2. The van der Waals surface area contributed by atoms with Crippen LogP contribution in [0.5, 0.6) is 0 Å². The number of ether oxygens (including phenoxy) is 1. The molecule has 4 heterocycles. The van der Waals surface area contributed by atoms with Gasteiger partial charge in [-0.1, -0.05) is 48.5 Å². The summed E-state index contributed by atoms with van der Waals surface area (Å²) in [5, 5.41) is 25.2. The number of sulfone groups is 2. The molecule has 3 aliphatic carbocycles. The molecule has 5 aromatic carbocycles. The van der Waals surface area contributed by atoms with E-state index >= 15 is 8.78 Å². The van der Waals surface area contributed by atoms with E-state index < -0.39 is 114 Å². The minimum Gasteiger partial charge on any atom is -0.466 e. The van der Waals surface area contributed by atoms with Crippen LogP contribution in [-0.4, -0.2) is 89.5 Å². The summed E-state index contributed by atoms with van der Waals surface area (Å²) in [5.41, 5.74) is 2.66.